The summed E-state index contributed by atoms with van der Waals surface area (Å²) in [6.07, 6.45) is 0. The average Bonchev–Trinajstić information content (AvgIpc) is 2.49. The summed E-state index contributed by atoms with van der Waals surface area (Å²) in [5.74, 6) is -1.98. The molecule has 1 amide bonds. The molecule has 0 bridgehead atoms. The predicted molar refractivity (Wildman–Crippen MR) is 83.8 cm³/mol. The van der Waals surface area contributed by atoms with Gasteiger partial charge >= 0.3 is 5.97 Å². The summed E-state index contributed by atoms with van der Waals surface area (Å²) < 4.78 is 25.1. The number of nitrogens with zero attached hydrogens (tertiary/aromatic N) is 2. The Kier molecular flexibility index (Phi) is 4.71. The molecule has 0 spiro atoms. The molecule has 1 heterocycles. The first-order valence-electron chi connectivity index (χ1n) is 6.29. The van der Waals surface area contributed by atoms with E-state index in [-0.39, 0.29) is 14.9 Å². The van der Waals surface area contributed by atoms with Gasteiger partial charge in [-0.25, -0.2) is 4.79 Å². The minimum Gasteiger partial charge on any atom is -0.478 e. The Morgan fingerprint density at radius 2 is 1.92 bits per heavy atom. The number of carboxylic acid groups (broad SMARTS) is 1. The van der Waals surface area contributed by atoms with Gasteiger partial charge in [-0.1, -0.05) is 11.6 Å². The van der Waals surface area contributed by atoms with E-state index in [1.54, 1.807) is 0 Å². The first-order valence-corrected chi connectivity index (χ1v) is 8.11. The first kappa shape index (κ1) is 17.6. The molecule has 126 valence electrons. The predicted octanol–water partition coefficient (Wildman–Crippen LogP) is 0.790. The van der Waals surface area contributed by atoms with Crippen LogP contribution in [0.5, 0.6) is 0 Å². The number of aromatic nitrogens is 2. The van der Waals surface area contributed by atoms with Gasteiger partial charge in [0.25, 0.3) is 15.6 Å². The molecule has 0 unspecified atom stereocenters. The molecule has 0 aliphatic carbocycles. The molecule has 2 N–H and O–H groups in total. The molecule has 0 aliphatic heterocycles. The zero-order chi connectivity index (χ0) is 18.1. The summed E-state index contributed by atoms with van der Waals surface area (Å²) in [6, 6.07) is 5.00. The first-order chi connectivity index (χ1) is 11.1. The van der Waals surface area contributed by atoms with Crippen LogP contribution >= 0.6 is 11.6 Å². The van der Waals surface area contributed by atoms with Crippen molar-refractivity contribution in [1.29, 1.82) is 0 Å². The molecule has 2 rings (SSSR count). The second-order valence-corrected chi connectivity index (χ2v) is 6.69. The average molecular weight is 372 g/mol. The summed E-state index contributed by atoms with van der Waals surface area (Å²) in [4.78, 5) is 33.6. The molecule has 2 aromatic rings. The monoisotopic (exact) mass is 371 g/mol. The van der Waals surface area contributed by atoms with Crippen molar-refractivity contribution in [3.05, 3.63) is 51.4 Å². The third-order valence-electron chi connectivity index (χ3n) is 2.80. The molecule has 1 aromatic carbocycles. The Labute approximate surface area is 140 Å². The highest BCUT2D eigenvalue weighted by atomic mass is 35.5. The van der Waals surface area contributed by atoms with Crippen LogP contribution in [0.1, 0.15) is 17.3 Å². The number of aromatic carboxylic acids is 1. The minimum atomic E-state index is -4.46. The molecule has 0 fully saturated rings. The van der Waals surface area contributed by atoms with Gasteiger partial charge in [0.2, 0.25) is 5.91 Å². The highest BCUT2D eigenvalue weighted by Gasteiger charge is 2.23. The van der Waals surface area contributed by atoms with Crippen LogP contribution in [0.25, 0.3) is 0 Å². The zero-order valence-electron chi connectivity index (χ0n) is 12.1. The van der Waals surface area contributed by atoms with E-state index in [1.807, 2.05) is 0 Å². The van der Waals surface area contributed by atoms with Crippen molar-refractivity contribution >= 4 is 39.2 Å². The zero-order valence-corrected chi connectivity index (χ0v) is 13.6. The third-order valence-corrected chi connectivity index (χ3v) is 4.56. The van der Waals surface area contributed by atoms with Gasteiger partial charge in [0, 0.05) is 13.0 Å². The summed E-state index contributed by atoms with van der Waals surface area (Å²) in [5.41, 5.74) is -1.50. The molecular formula is C13H10ClN3O6S. The molecule has 0 saturated carbocycles. The lowest BCUT2D eigenvalue weighted by Crippen LogP contribution is -2.29. The number of halogens is 1. The van der Waals surface area contributed by atoms with Crippen molar-refractivity contribution in [2.45, 2.75) is 11.8 Å². The van der Waals surface area contributed by atoms with E-state index in [1.165, 1.54) is 6.92 Å². The molecule has 0 saturated heterocycles. The van der Waals surface area contributed by atoms with Crippen molar-refractivity contribution in [2.24, 2.45) is 0 Å². The van der Waals surface area contributed by atoms with Crippen molar-refractivity contribution in [2.75, 3.05) is 5.32 Å². The second-order valence-electron chi connectivity index (χ2n) is 4.54. The maximum atomic E-state index is 12.5. The maximum Gasteiger partial charge on any atom is 0.337 e. The van der Waals surface area contributed by atoms with E-state index >= 15 is 0 Å². The highest BCUT2D eigenvalue weighted by molar-refractivity contribution is 7.89. The lowest BCUT2D eigenvalue weighted by molar-refractivity contribution is -0.114. The van der Waals surface area contributed by atoms with Gasteiger partial charge in [-0.2, -0.15) is 8.42 Å². The lowest BCUT2D eigenvalue weighted by Gasteiger charge is -2.10. The van der Waals surface area contributed by atoms with E-state index in [9.17, 15) is 27.9 Å². The number of anilines is 1. The quantitative estimate of drug-likeness (QED) is 0.810. The number of benzene rings is 1. The Hall–Kier alpha value is -2.72. The fourth-order valence-electron chi connectivity index (χ4n) is 1.80. The summed E-state index contributed by atoms with van der Waals surface area (Å²) in [7, 11) is -4.46. The van der Waals surface area contributed by atoms with Crippen LogP contribution < -0.4 is 10.9 Å². The Morgan fingerprint density at radius 3 is 2.50 bits per heavy atom. The number of hydrogen-bond donors (Lipinski definition) is 2. The molecule has 0 atom stereocenters. The fourth-order valence-corrected chi connectivity index (χ4v) is 3.19. The van der Waals surface area contributed by atoms with E-state index in [0.717, 1.165) is 30.3 Å². The number of carboxylic acids is 1. The van der Waals surface area contributed by atoms with Gasteiger partial charge in [0.15, 0.2) is 5.15 Å². The molecule has 0 radical (unpaired) electrons. The fraction of sp³-hybridized carbons (Fsp3) is 0.0769. The topological polar surface area (TPSA) is 135 Å². The van der Waals surface area contributed by atoms with Gasteiger partial charge in [-0.05, 0) is 24.3 Å². The van der Waals surface area contributed by atoms with Crippen molar-refractivity contribution < 1.29 is 23.1 Å². The Bertz CT molecular complexity index is 999. The smallest absolute Gasteiger partial charge is 0.337 e. The molecule has 0 aliphatic rings. The van der Waals surface area contributed by atoms with E-state index < -0.39 is 37.9 Å². The van der Waals surface area contributed by atoms with Crippen LogP contribution in [-0.2, 0) is 14.8 Å². The van der Waals surface area contributed by atoms with Crippen LogP contribution in [0.15, 0.2) is 40.0 Å². The third kappa shape index (κ3) is 3.44. The SMILES string of the molecule is CC(=O)Nc1ccc(S(=O)(=O)n2nc(Cl)ccc2=O)cc1C(=O)O. The van der Waals surface area contributed by atoms with E-state index in [4.69, 9.17) is 11.6 Å². The van der Waals surface area contributed by atoms with Gasteiger partial charge in [0.1, 0.15) is 0 Å². The van der Waals surface area contributed by atoms with Crippen molar-refractivity contribution in [1.82, 2.24) is 9.19 Å². The molecular weight excluding hydrogens is 362 g/mol. The van der Waals surface area contributed by atoms with Crippen LogP contribution in [0.3, 0.4) is 0 Å². The number of rotatable bonds is 4. The van der Waals surface area contributed by atoms with Crippen molar-refractivity contribution in [3.63, 3.8) is 0 Å². The number of nitrogens with one attached hydrogen (secondary N) is 1. The van der Waals surface area contributed by atoms with Crippen LogP contribution in [0.4, 0.5) is 5.69 Å². The maximum absolute atomic E-state index is 12.5. The highest BCUT2D eigenvalue weighted by Crippen LogP contribution is 2.22. The molecule has 24 heavy (non-hydrogen) atoms. The lowest BCUT2D eigenvalue weighted by atomic mass is 10.2. The van der Waals surface area contributed by atoms with Crippen LogP contribution in [0.2, 0.25) is 5.15 Å². The van der Waals surface area contributed by atoms with Crippen LogP contribution in [-0.4, -0.2) is 34.6 Å². The number of carbonyl (C=O) groups excluding carboxylic acids is 1. The molecule has 11 heteroatoms. The number of carbonyl (C=O) groups is 2. The van der Waals surface area contributed by atoms with Crippen LogP contribution in [0, 0.1) is 0 Å². The number of hydrogen-bond acceptors (Lipinski definition) is 6. The van der Waals surface area contributed by atoms with Gasteiger partial charge in [0.05, 0.1) is 16.1 Å². The molecule has 1 aromatic heterocycles. The summed E-state index contributed by atoms with van der Waals surface area (Å²) in [6.45, 7) is 1.17. The number of amides is 1. The van der Waals surface area contributed by atoms with E-state index in [0.29, 0.717) is 0 Å². The Morgan fingerprint density at radius 1 is 1.25 bits per heavy atom. The normalized spacial score (nSPS) is 11.1. The standard InChI is InChI=1S/C13H10ClN3O6S/c1-7(18)15-10-3-2-8(6-9(10)13(20)21)24(22,23)17-12(19)5-4-11(14)16-17/h2-6H,1H3,(H,15,18)(H,20,21). The summed E-state index contributed by atoms with van der Waals surface area (Å²) in [5, 5.41) is 14.7. The second kappa shape index (κ2) is 6.42. The minimum absolute atomic E-state index is 0.0830. The summed E-state index contributed by atoms with van der Waals surface area (Å²) >= 11 is 5.60. The Balaban J connectivity index is 2.65. The van der Waals surface area contributed by atoms with E-state index in [2.05, 4.69) is 10.4 Å². The van der Waals surface area contributed by atoms with Gasteiger partial charge < -0.3 is 10.4 Å². The largest absolute Gasteiger partial charge is 0.478 e. The molecule has 9 nitrogen and oxygen atoms in total. The van der Waals surface area contributed by atoms with Gasteiger partial charge in [-0.15, -0.1) is 9.19 Å². The van der Waals surface area contributed by atoms with Crippen molar-refractivity contribution in [3.8, 4) is 0 Å². The van der Waals surface area contributed by atoms with Gasteiger partial charge in [-0.3, -0.25) is 9.59 Å².